The summed E-state index contributed by atoms with van der Waals surface area (Å²) in [5.41, 5.74) is 4.59. The van der Waals surface area contributed by atoms with E-state index in [4.69, 9.17) is 10.5 Å². The monoisotopic (exact) mass is 333 g/mol. The van der Waals surface area contributed by atoms with E-state index < -0.39 is 42.8 Å². The van der Waals surface area contributed by atoms with E-state index in [1.54, 1.807) is 0 Å². The van der Waals surface area contributed by atoms with Gasteiger partial charge in [0.1, 0.15) is 25.5 Å². The number of rotatable bonds is 3. The van der Waals surface area contributed by atoms with Gasteiger partial charge in [-0.05, 0) is 0 Å². The molecule has 23 heavy (non-hydrogen) atoms. The molecule has 3 aliphatic rings. The number of amides is 3. The average Bonchev–Trinajstić information content (AvgIpc) is 2.76. The molecule has 0 saturated carbocycles. The summed E-state index contributed by atoms with van der Waals surface area (Å²) < 4.78 is 10.1. The fourth-order valence-corrected chi connectivity index (χ4v) is 3.12. The van der Waals surface area contributed by atoms with Crippen LogP contribution in [0.5, 0.6) is 0 Å². The van der Waals surface area contributed by atoms with Crippen molar-refractivity contribution in [3.63, 3.8) is 0 Å². The van der Waals surface area contributed by atoms with Crippen LogP contribution < -0.4 is 40.4 Å². The topological polar surface area (TPSA) is 142 Å². The maximum atomic E-state index is 12.2. The van der Waals surface area contributed by atoms with Crippen LogP contribution >= 0.6 is 0 Å². The molecule has 3 amide bonds. The first-order chi connectivity index (χ1) is 10.3. The van der Waals surface area contributed by atoms with Crippen LogP contribution in [0.1, 0.15) is 6.92 Å². The maximum Gasteiger partial charge on any atom is 1.00 e. The second-order valence-corrected chi connectivity index (χ2v) is 5.12. The number of carboxylic acids is 1. The van der Waals surface area contributed by atoms with Crippen LogP contribution in [0.2, 0.25) is 0 Å². The Labute approximate surface area is 152 Å². The molecule has 1 unspecified atom stereocenters. The molecule has 0 radical (unpaired) electrons. The van der Waals surface area contributed by atoms with E-state index in [0.717, 1.165) is 4.90 Å². The third-order valence-corrected chi connectivity index (χ3v) is 4.01. The third kappa shape index (κ3) is 2.51. The molecule has 0 aliphatic carbocycles. The van der Waals surface area contributed by atoms with Gasteiger partial charge < -0.3 is 30.0 Å². The van der Waals surface area contributed by atoms with E-state index in [9.17, 15) is 24.3 Å². The smallest absolute Gasteiger partial charge is 0.543 e. The number of β-lactam (4-membered cyclic amide) rings is 1. The predicted octanol–water partition coefficient (Wildman–Crippen LogP) is -6.11. The van der Waals surface area contributed by atoms with Gasteiger partial charge in [0.25, 0.3) is 5.91 Å². The van der Waals surface area contributed by atoms with Gasteiger partial charge in [0, 0.05) is 12.5 Å². The minimum absolute atomic E-state index is 0. The molecular weight excluding hydrogens is 321 g/mol. The van der Waals surface area contributed by atoms with E-state index in [-0.39, 0.29) is 53.5 Å². The summed E-state index contributed by atoms with van der Waals surface area (Å²) in [6, 6.07) is -1.43. The summed E-state index contributed by atoms with van der Waals surface area (Å²) in [6.45, 7) is 0.719. The van der Waals surface area contributed by atoms with Gasteiger partial charge in [0.05, 0.1) is 17.7 Å². The van der Waals surface area contributed by atoms with Crippen molar-refractivity contribution in [2.75, 3.05) is 13.3 Å². The first-order valence-corrected chi connectivity index (χ1v) is 6.43. The number of nitrogens with zero attached hydrogens (tertiary/aromatic N) is 2. The number of primary amides is 1. The molecule has 0 bridgehead atoms. The molecule has 10 nitrogen and oxygen atoms in total. The van der Waals surface area contributed by atoms with Crippen molar-refractivity contribution in [1.29, 1.82) is 0 Å². The Balaban J connectivity index is 0.00000192. The van der Waals surface area contributed by atoms with Crippen molar-refractivity contribution < 1.29 is 63.3 Å². The summed E-state index contributed by atoms with van der Waals surface area (Å²) in [5.74, 6) is -2.46. The van der Waals surface area contributed by atoms with Gasteiger partial charge in [-0.25, -0.2) is 4.79 Å². The molecule has 0 aromatic carbocycles. The Morgan fingerprint density at radius 1 is 1.43 bits per heavy atom. The van der Waals surface area contributed by atoms with Crippen molar-refractivity contribution in [3.05, 3.63) is 11.3 Å². The summed E-state index contributed by atoms with van der Waals surface area (Å²) >= 11 is 0. The summed E-state index contributed by atoms with van der Waals surface area (Å²) in [5, 5.41) is 11.3. The molecule has 3 aliphatic heterocycles. The quantitative estimate of drug-likeness (QED) is 0.400. The maximum absolute atomic E-state index is 12.2. The number of hydrogen-bond acceptors (Lipinski definition) is 7. The zero-order valence-corrected chi connectivity index (χ0v) is 14.5. The number of carbonyl (C=O) groups excluding carboxylic acids is 4. The standard InChI is InChI=1S/C12H13N3O7.Na/c1-4(16)14-3-22-9-5(2-21-12(13)20)6(11(18)19)15-7(9)8(14)10(15)17;/h7-9H,2-3H2,1H3,(H2,13,20)(H,18,19);/q;+1/p-1/t7-,8-,9?;/m0./s1. The van der Waals surface area contributed by atoms with Gasteiger partial charge in [-0.2, -0.15) is 0 Å². The molecule has 0 spiro atoms. The fraction of sp³-hybridized carbons (Fsp3) is 0.500. The van der Waals surface area contributed by atoms with E-state index in [1.165, 1.54) is 11.8 Å². The average molecular weight is 333 g/mol. The Kier molecular flexibility index (Phi) is 4.71. The van der Waals surface area contributed by atoms with Gasteiger partial charge in [-0.15, -0.1) is 0 Å². The third-order valence-electron chi connectivity index (χ3n) is 4.01. The van der Waals surface area contributed by atoms with Crippen LogP contribution in [0.4, 0.5) is 4.79 Å². The SMILES string of the molecule is CC(=O)N1COC2C(COC(N)=O)=C(C(=O)[O-])N3C(=O)[C@@H]1[C@@H]23.[Na+]. The summed E-state index contributed by atoms with van der Waals surface area (Å²) in [6.07, 6.45) is -1.85. The zero-order chi connectivity index (χ0) is 16.2. The van der Waals surface area contributed by atoms with Crippen molar-refractivity contribution >= 4 is 23.9 Å². The molecule has 2 saturated heterocycles. The van der Waals surface area contributed by atoms with Crippen molar-refractivity contribution in [1.82, 2.24) is 9.80 Å². The van der Waals surface area contributed by atoms with Gasteiger partial charge in [0.15, 0.2) is 0 Å². The molecule has 11 heteroatoms. The number of ether oxygens (including phenoxy) is 2. The molecule has 0 aromatic rings. The second kappa shape index (κ2) is 6.11. The first-order valence-electron chi connectivity index (χ1n) is 6.43. The van der Waals surface area contributed by atoms with Gasteiger partial charge in [-0.1, -0.05) is 0 Å². The number of hydrogen-bond donors (Lipinski definition) is 1. The summed E-state index contributed by atoms with van der Waals surface area (Å²) in [4.78, 5) is 48.0. The number of carboxylic acid groups (broad SMARTS) is 1. The second-order valence-electron chi connectivity index (χ2n) is 5.12. The molecular formula is C12H12N3NaO7. The van der Waals surface area contributed by atoms with Crippen LogP contribution in [0, 0.1) is 0 Å². The molecule has 118 valence electrons. The Morgan fingerprint density at radius 3 is 2.61 bits per heavy atom. The van der Waals surface area contributed by atoms with Crippen LogP contribution in [0.15, 0.2) is 11.3 Å². The fourth-order valence-electron chi connectivity index (χ4n) is 3.12. The van der Waals surface area contributed by atoms with Crippen molar-refractivity contribution in [2.24, 2.45) is 5.73 Å². The van der Waals surface area contributed by atoms with Crippen LogP contribution in [-0.2, 0) is 23.9 Å². The van der Waals surface area contributed by atoms with E-state index in [1.807, 2.05) is 0 Å². The van der Waals surface area contributed by atoms with E-state index in [0.29, 0.717) is 0 Å². The minimum atomic E-state index is -1.58. The van der Waals surface area contributed by atoms with Crippen LogP contribution in [0.25, 0.3) is 0 Å². The molecule has 3 rings (SSSR count). The normalized spacial score (nSPS) is 27.9. The van der Waals surface area contributed by atoms with Crippen molar-refractivity contribution in [3.8, 4) is 0 Å². The molecule has 3 heterocycles. The van der Waals surface area contributed by atoms with Crippen LogP contribution in [-0.4, -0.2) is 65.2 Å². The summed E-state index contributed by atoms with van der Waals surface area (Å²) in [7, 11) is 0. The van der Waals surface area contributed by atoms with Gasteiger partial charge in [0.2, 0.25) is 5.91 Å². The molecule has 2 N–H and O–H groups in total. The molecule has 0 aromatic heterocycles. The largest absolute Gasteiger partial charge is 1.00 e. The first kappa shape index (κ1) is 17.7. The van der Waals surface area contributed by atoms with E-state index >= 15 is 0 Å². The van der Waals surface area contributed by atoms with E-state index in [2.05, 4.69) is 4.74 Å². The molecule has 3 atom stereocenters. The van der Waals surface area contributed by atoms with Crippen molar-refractivity contribution in [2.45, 2.75) is 25.1 Å². The Bertz CT molecular complexity index is 634. The predicted molar refractivity (Wildman–Crippen MR) is 64.3 cm³/mol. The molecule has 2 fully saturated rings. The number of carbonyl (C=O) groups is 4. The van der Waals surface area contributed by atoms with Gasteiger partial charge in [-0.3, -0.25) is 14.5 Å². The number of aliphatic carboxylic acids is 1. The number of nitrogens with two attached hydrogens (primary N) is 1. The Morgan fingerprint density at radius 2 is 2.09 bits per heavy atom. The minimum Gasteiger partial charge on any atom is -0.543 e. The van der Waals surface area contributed by atoms with Gasteiger partial charge >= 0.3 is 35.7 Å². The van der Waals surface area contributed by atoms with Crippen LogP contribution in [0.3, 0.4) is 0 Å². The Hall–Kier alpha value is -1.62. The zero-order valence-electron chi connectivity index (χ0n) is 12.5.